The summed E-state index contributed by atoms with van der Waals surface area (Å²) in [6, 6.07) is 11.2. The first-order valence-corrected chi connectivity index (χ1v) is 16.8. The van der Waals surface area contributed by atoms with Crippen LogP contribution < -0.4 is 16.0 Å². The standard InChI is InChI=1S/C35H41N9O7/c1-19(37-34(48)50-3)32(46)43-15-5-7-27(43)30-36-18-26(39-30)22-11-9-21(10-12-22)23-13-14-25-24(17-23)29(42-41-25)40-31(45)28-8-6-16-44(28)33(47)20(2)38-35(49)51-4/h9-14,17-20,27-28H,5-8,15-16H2,1-4H3,(H,36,39)(H,37,48)(H,38,49)(H2,40,41,42,45). The maximum atomic E-state index is 13.4. The molecule has 16 heteroatoms. The highest BCUT2D eigenvalue weighted by molar-refractivity contribution is 6.04. The van der Waals surface area contributed by atoms with Crippen LogP contribution in [0.1, 0.15) is 51.4 Å². The highest BCUT2D eigenvalue weighted by atomic mass is 16.5. The van der Waals surface area contributed by atoms with Crippen LogP contribution in [0.15, 0.2) is 48.7 Å². The molecule has 5 N–H and O–H groups in total. The molecule has 0 radical (unpaired) electrons. The summed E-state index contributed by atoms with van der Waals surface area (Å²) in [7, 11) is 2.48. The van der Waals surface area contributed by atoms with Crippen LogP contribution in [0.4, 0.5) is 15.4 Å². The van der Waals surface area contributed by atoms with Crippen molar-refractivity contribution in [1.29, 1.82) is 0 Å². The molecule has 16 nitrogen and oxygen atoms in total. The molecule has 2 aliphatic heterocycles. The van der Waals surface area contributed by atoms with Gasteiger partial charge in [0.1, 0.15) is 23.9 Å². The SMILES string of the molecule is COC(=O)NC(C)C(=O)N1CCCC1C(=O)Nc1n[nH]c2ccc(-c3ccc(-c4cnc(C5CCCN5C(=O)C(C)NC(=O)OC)[nH]4)cc3)cc12. The lowest BCUT2D eigenvalue weighted by Crippen LogP contribution is -2.51. The van der Waals surface area contributed by atoms with Crippen molar-refractivity contribution in [2.75, 3.05) is 32.6 Å². The minimum atomic E-state index is -0.846. The van der Waals surface area contributed by atoms with Gasteiger partial charge in [-0.05, 0) is 68.4 Å². The number of nitrogens with one attached hydrogen (secondary N) is 5. The van der Waals surface area contributed by atoms with Gasteiger partial charge >= 0.3 is 12.2 Å². The van der Waals surface area contributed by atoms with E-state index in [0.29, 0.717) is 43.0 Å². The van der Waals surface area contributed by atoms with Crippen LogP contribution in [0.5, 0.6) is 0 Å². The van der Waals surface area contributed by atoms with Gasteiger partial charge in [0.15, 0.2) is 5.82 Å². The van der Waals surface area contributed by atoms with Gasteiger partial charge in [-0.15, -0.1) is 0 Å². The van der Waals surface area contributed by atoms with Crippen molar-refractivity contribution in [1.82, 2.24) is 40.6 Å². The summed E-state index contributed by atoms with van der Waals surface area (Å²) in [5.41, 5.74) is 4.31. The van der Waals surface area contributed by atoms with Crippen molar-refractivity contribution >= 4 is 46.6 Å². The minimum absolute atomic E-state index is 0.197. The van der Waals surface area contributed by atoms with E-state index in [1.807, 2.05) is 42.5 Å². The molecule has 51 heavy (non-hydrogen) atoms. The van der Waals surface area contributed by atoms with Gasteiger partial charge in [-0.3, -0.25) is 19.5 Å². The number of fused-ring (bicyclic) bond motifs is 1. The average Bonchev–Trinajstić information content (AvgIpc) is 3.97. The first kappa shape index (κ1) is 34.9. The Bertz CT molecular complexity index is 1940. The Hall–Kier alpha value is -5.93. The Morgan fingerprint density at radius 3 is 2.12 bits per heavy atom. The number of likely N-dealkylation sites (tertiary alicyclic amines) is 2. The van der Waals surface area contributed by atoms with Gasteiger partial charge in [-0.1, -0.05) is 30.3 Å². The molecule has 268 valence electrons. The van der Waals surface area contributed by atoms with Crippen LogP contribution in [0.2, 0.25) is 0 Å². The molecular formula is C35H41N9O7. The number of aromatic nitrogens is 4. The predicted molar refractivity (Wildman–Crippen MR) is 186 cm³/mol. The third kappa shape index (κ3) is 7.34. The minimum Gasteiger partial charge on any atom is -0.453 e. The summed E-state index contributed by atoms with van der Waals surface area (Å²) in [4.78, 5) is 73.9. The van der Waals surface area contributed by atoms with E-state index in [1.54, 1.807) is 24.9 Å². The van der Waals surface area contributed by atoms with Gasteiger partial charge < -0.3 is 40.2 Å². The molecule has 4 heterocycles. The van der Waals surface area contributed by atoms with Gasteiger partial charge in [0.25, 0.3) is 0 Å². The van der Waals surface area contributed by atoms with E-state index in [9.17, 15) is 24.0 Å². The number of alkyl carbamates (subject to hydrolysis) is 2. The second kappa shape index (κ2) is 14.9. The second-order valence-electron chi connectivity index (χ2n) is 12.7. The summed E-state index contributed by atoms with van der Waals surface area (Å²) in [6.45, 7) is 4.16. The fourth-order valence-corrected chi connectivity index (χ4v) is 6.69. The summed E-state index contributed by atoms with van der Waals surface area (Å²) >= 11 is 0. The second-order valence-corrected chi connectivity index (χ2v) is 12.7. The molecular weight excluding hydrogens is 658 g/mol. The third-order valence-corrected chi connectivity index (χ3v) is 9.40. The largest absolute Gasteiger partial charge is 0.453 e. The molecule has 4 aromatic rings. The molecule has 2 fully saturated rings. The van der Waals surface area contributed by atoms with Crippen LogP contribution in [0.25, 0.3) is 33.3 Å². The monoisotopic (exact) mass is 699 g/mol. The molecule has 0 spiro atoms. The Morgan fingerprint density at radius 1 is 0.824 bits per heavy atom. The fourth-order valence-electron chi connectivity index (χ4n) is 6.69. The average molecular weight is 700 g/mol. The number of hydrogen-bond acceptors (Lipinski definition) is 9. The van der Waals surface area contributed by atoms with Gasteiger partial charge in [-0.25, -0.2) is 14.6 Å². The zero-order valence-corrected chi connectivity index (χ0v) is 28.8. The topological polar surface area (TPSA) is 204 Å². The summed E-state index contributed by atoms with van der Waals surface area (Å²) < 4.78 is 9.22. The summed E-state index contributed by atoms with van der Waals surface area (Å²) in [5.74, 6) is 0.122. The molecule has 2 saturated heterocycles. The number of nitrogens with zero attached hydrogens (tertiary/aromatic N) is 4. The zero-order valence-electron chi connectivity index (χ0n) is 28.8. The van der Waals surface area contributed by atoms with E-state index in [4.69, 9.17) is 0 Å². The first-order chi connectivity index (χ1) is 24.6. The Labute approximate surface area is 293 Å². The molecule has 4 unspecified atom stereocenters. The molecule has 4 atom stereocenters. The molecule has 6 rings (SSSR count). The van der Waals surface area contributed by atoms with Crippen molar-refractivity contribution in [3.05, 3.63) is 54.5 Å². The molecule has 2 aliphatic rings. The Kier molecular flexibility index (Phi) is 10.2. The number of imidazole rings is 1. The smallest absolute Gasteiger partial charge is 0.407 e. The van der Waals surface area contributed by atoms with Crippen LogP contribution in [0.3, 0.4) is 0 Å². The zero-order chi connectivity index (χ0) is 36.2. The number of hydrogen-bond donors (Lipinski definition) is 5. The maximum absolute atomic E-state index is 13.4. The number of methoxy groups -OCH3 is 2. The van der Waals surface area contributed by atoms with E-state index in [2.05, 4.69) is 45.6 Å². The molecule has 5 amide bonds. The lowest BCUT2D eigenvalue weighted by atomic mass is 10.0. The normalized spacial score (nSPS) is 18.3. The number of amides is 5. The Balaban J connectivity index is 1.13. The Morgan fingerprint density at radius 2 is 1.43 bits per heavy atom. The quantitative estimate of drug-likeness (QED) is 0.173. The van der Waals surface area contributed by atoms with Gasteiger partial charge in [0.05, 0.1) is 37.7 Å². The molecule has 2 aromatic carbocycles. The van der Waals surface area contributed by atoms with E-state index in [1.165, 1.54) is 19.1 Å². The maximum Gasteiger partial charge on any atom is 0.407 e. The number of aromatic amines is 2. The summed E-state index contributed by atoms with van der Waals surface area (Å²) in [6.07, 6.45) is 3.11. The molecule has 0 bridgehead atoms. The lowest BCUT2D eigenvalue weighted by molar-refractivity contribution is -0.138. The lowest BCUT2D eigenvalue weighted by Gasteiger charge is -2.26. The van der Waals surface area contributed by atoms with Crippen molar-refractivity contribution in [3.8, 4) is 22.4 Å². The van der Waals surface area contributed by atoms with Gasteiger partial charge in [0, 0.05) is 18.5 Å². The fraction of sp³-hybridized carbons (Fsp3) is 0.400. The van der Waals surface area contributed by atoms with E-state index < -0.39 is 30.3 Å². The molecule has 0 aliphatic carbocycles. The van der Waals surface area contributed by atoms with Crippen LogP contribution >= 0.6 is 0 Å². The van der Waals surface area contributed by atoms with Crippen LogP contribution in [-0.2, 0) is 23.9 Å². The van der Waals surface area contributed by atoms with Crippen LogP contribution in [0, 0.1) is 0 Å². The van der Waals surface area contributed by atoms with Crippen molar-refractivity contribution < 1.29 is 33.4 Å². The number of carbonyl (C=O) groups excluding carboxylic acids is 5. The number of H-pyrrole nitrogens is 2. The highest BCUT2D eigenvalue weighted by Gasteiger charge is 2.37. The van der Waals surface area contributed by atoms with Crippen molar-refractivity contribution in [2.24, 2.45) is 0 Å². The predicted octanol–water partition coefficient (Wildman–Crippen LogP) is 3.70. The van der Waals surface area contributed by atoms with E-state index >= 15 is 0 Å². The number of ether oxygens (including phenoxy) is 2. The highest BCUT2D eigenvalue weighted by Crippen LogP contribution is 2.33. The number of rotatable bonds is 9. The van der Waals surface area contributed by atoms with Crippen molar-refractivity contribution in [2.45, 2.75) is 63.7 Å². The third-order valence-electron chi connectivity index (χ3n) is 9.40. The summed E-state index contributed by atoms with van der Waals surface area (Å²) in [5, 5.41) is 15.9. The number of carbonyl (C=O) groups is 5. The number of anilines is 1. The first-order valence-electron chi connectivity index (χ1n) is 16.8. The van der Waals surface area contributed by atoms with Gasteiger partial charge in [-0.2, -0.15) is 5.10 Å². The van der Waals surface area contributed by atoms with E-state index in [-0.39, 0.29) is 23.8 Å². The molecule has 0 saturated carbocycles. The molecule has 2 aromatic heterocycles. The van der Waals surface area contributed by atoms with Crippen LogP contribution in [-0.4, -0.2) is 105 Å². The van der Waals surface area contributed by atoms with Gasteiger partial charge in [0.2, 0.25) is 17.7 Å². The van der Waals surface area contributed by atoms with E-state index in [0.717, 1.165) is 40.7 Å². The number of benzene rings is 2. The van der Waals surface area contributed by atoms with Crippen molar-refractivity contribution in [3.63, 3.8) is 0 Å².